The van der Waals surface area contributed by atoms with Gasteiger partial charge in [-0.25, -0.2) is 0 Å². The maximum atomic E-state index is 13.0. The zero-order valence-corrected chi connectivity index (χ0v) is 20.4. The van der Waals surface area contributed by atoms with E-state index in [-0.39, 0.29) is 18.2 Å². The van der Waals surface area contributed by atoms with Crippen LogP contribution >= 0.6 is 11.8 Å². The number of nitrogens with zero attached hydrogens (tertiary/aromatic N) is 3. The van der Waals surface area contributed by atoms with Crippen molar-refractivity contribution in [1.29, 1.82) is 0 Å². The summed E-state index contributed by atoms with van der Waals surface area (Å²) in [6.07, 6.45) is 0.283. The SMILES string of the molecule is CCN(C(=O)Cc1ccc(NC(=O)c2ccccc2SCc2nc(C)no2)cc1)c1ccccc1. The zero-order valence-electron chi connectivity index (χ0n) is 19.6. The molecule has 0 bridgehead atoms. The minimum absolute atomic E-state index is 0.0258. The highest BCUT2D eigenvalue weighted by molar-refractivity contribution is 7.98. The van der Waals surface area contributed by atoms with Crippen LogP contribution in [-0.4, -0.2) is 28.5 Å². The lowest BCUT2D eigenvalue weighted by molar-refractivity contribution is -0.117. The van der Waals surface area contributed by atoms with Crippen molar-refractivity contribution in [3.05, 3.63) is 102 Å². The van der Waals surface area contributed by atoms with Crippen molar-refractivity contribution in [2.75, 3.05) is 16.8 Å². The summed E-state index contributed by atoms with van der Waals surface area (Å²) in [6.45, 7) is 4.33. The minimum Gasteiger partial charge on any atom is -0.338 e. The Labute approximate surface area is 208 Å². The molecule has 0 fully saturated rings. The summed E-state index contributed by atoms with van der Waals surface area (Å²) >= 11 is 1.47. The number of hydrogen-bond acceptors (Lipinski definition) is 6. The third kappa shape index (κ3) is 6.36. The molecular formula is C27H26N4O3S. The predicted molar refractivity (Wildman–Crippen MR) is 138 cm³/mol. The van der Waals surface area contributed by atoms with Crippen LogP contribution in [0.25, 0.3) is 0 Å². The van der Waals surface area contributed by atoms with Gasteiger partial charge in [-0.2, -0.15) is 4.98 Å². The van der Waals surface area contributed by atoms with E-state index in [0.29, 0.717) is 35.3 Å². The van der Waals surface area contributed by atoms with Gasteiger partial charge < -0.3 is 14.7 Å². The Morgan fingerprint density at radius 1 is 0.971 bits per heavy atom. The van der Waals surface area contributed by atoms with Crippen molar-refractivity contribution in [2.45, 2.75) is 30.9 Å². The maximum absolute atomic E-state index is 13.0. The second-order valence-electron chi connectivity index (χ2n) is 7.82. The molecule has 1 N–H and O–H groups in total. The number of carbonyl (C=O) groups excluding carboxylic acids is 2. The van der Waals surface area contributed by atoms with E-state index in [1.54, 1.807) is 17.9 Å². The average Bonchev–Trinajstić information content (AvgIpc) is 3.30. The van der Waals surface area contributed by atoms with E-state index >= 15 is 0 Å². The number of nitrogens with one attached hydrogen (secondary N) is 1. The van der Waals surface area contributed by atoms with E-state index in [4.69, 9.17) is 4.52 Å². The number of amides is 2. The Morgan fingerprint density at radius 3 is 2.37 bits per heavy atom. The molecule has 4 aromatic rings. The third-order valence-electron chi connectivity index (χ3n) is 5.30. The molecule has 0 saturated heterocycles. The molecule has 0 aliphatic carbocycles. The normalized spacial score (nSPS) is 10.7. The lowest BCUT2D eigenvalue weighted by Crippen LogP contribution is -2.31. The highest BCUT2D eigenvalue weighted by Gasteiger charge is 2.16. The van der Waals surface area contributed by atoms with Gasteiger partial charge in [-0.05, 0) is 55.8 Å². The topological polar surface area (TPSA) is 88.3 Å². The lowest BCUT2D eigenvalue weighted by Gasteiger charge is -2.21. The first-order chi connectivity index (χ1) is 17.0. The first-order valence-corrected chi connectivity index (χ1v) is 12.3. The van der Waals surface area contributed by atoms with Gasteiger partial charge >= 0.3 is 0 Å². The van der Waals surface area contributed by atoms with E-state index in [0.717, 1.165) is 16.1 Å². The van der Waals surface area contributed by atoms with Crippen LogP contribution < -0.4 is 10.2 Å². The van der Waals surface area contributed by atoms with Gasteiger partial charge in [0.15, 0.2) is 5.82 Å². The molecule has 0 aliphatic rings. The molecule has 0 saturated carbocycles. The van der Waals surface area contributed by atoms with Gasteiger partial charge in [0.25, 0.3) is 5.91 Å². The summed E-state index contributed by atoms with van der Waals surface area (Å²) in [5.41, 5.74) is 2.99. The molecular weight excluding hydrogens is 460 g/mol. The van der Waals surface area contributed by atoms with Gasteiger partial charge in [-0.1, -0.05) is 47.6 Å². The molecule has 35 heavy (non-hydrogen) atoms. The van der Waals surface area contributed by atoms with E-state index < -0.39 is 0 Å². The number of para-hydroxylation sites is 1. The first-order valence-electron chi connectivity index (χ1n) is 11.3. The van der Waals surface area contributed by atoms with E-state index in [1.165, 1.54) is 11.8 Å². The number of rotatable bonds is 9. The number of likely N-dealkylation sites (N-methyl/N-ethyl adjacent to an activating group) is 1. The fourth-order valence-corrected chi connectivity index (χ4v) is 4.49. The Morgan fingerprint density at radius 2 is 1.69 bits per heavy atom. The monoisotopic (exact) mass is 486 g/mol. The number of aryl methyl sites for hydroxylation is 1. The Hall–Kier alpha value is -3.91. The summed E-state index contributed by atoms with van der Waals surface area (Å²) in [7, 11) is 0. The summed E-state index contributed by atoms with van der Waals surface area (Å²) in [6, 6.07) is 24.4. The summed E-state index contributed by atoms with van der Waals surface area (Å²) in [4.78, 5) is 32.6. The van der Waals surface area contributed by atoms with E-state index in [1.807, 2.05) is 79.7 Å². The van der Waals surface area contributed by atoms with Crippen molar-refractivity contribution in [3.63, 3.8) is 0 Å². The molecule has 4 rings (SSSR count). The van der Waals surface area contributed by atoms with Crippen LogP contribution in [0, 0.1) is 6.92 Å². The molecule has 0 spiro atoms. The molecule has 0 aliphatic heterocycles. The van der Waals surface area contributed by atoms with Crippen molar-refractivity contribution in [1.82, 2.24) is 10.1 Å². The van der Waals surface area contributed by atoms with Gasteiger partial charge in [0.1, 0.15) is 0 Å². The molecule has 1 aromatic heterocycles. The van der Waals surface area contributed by atoms with Crippen molar-refractivity contribution in [2.24, 2.45) is 0 Å². The smallest absolute Gasteiger partial charge is 0.256 e. The number of aromatic nitrogens is 2. The molecule has 1 heterocycles. The first kappa shape index (κ1) is 24.2. The third-order valence-corrected chi connectivity index (χ3v) is 6.36. The number of carbonyl (C=O) groups is 2. The standard InChI is InChI=1S/C27H26N4O3S/c1-3-31(22-9-5-4-6-10-22)26(32)17-20-13-15-21(16-14-20)29-27(33)23-11-7-8-12-24(23)35-18-25-28-19(2)30-34-25/h4-16H,3,17-18H2,1-2H3,(H,29,33). The van der Waals surface area contributed by atoms with Crippen LogP contribution in [-0.2, 0) is 17.0 Å². The van der Waals surface area contributed by atoms with Gasteiger partial charge in [-0.15, -0.1) is 11.8 Å². The Bertz CT molecular complexity index is 1290. The molecule has 8 heteroatoms. The fourth-order valence-electron chi connectivity index (χ4n) is 3.60. The van der Waals surface area contributed by atoms with E-state index in [9.17, 15) is 9.59 Å². The predicted octanol–water partition coefficient (Wildman–Crippen LogP) is 5.52. The Balaban J connectivity index is 1.38. The van der Waals surface area contributed by atoms with Crippen LogP contribution in [0.1, 0.15) is 34.6 Å². The van der Waals surface area contributed by atoms with Crippen LogP contribution in [0.3, 0.4) is 0 Å². The van der Waals surface area contributed by atoms with Gasteiger partial charge in [-0.3, -0.25) is 9.59 Å². The molecule has 7 nitrogen and oxygen atoms in total. The number of benzene rings is 3. The van der Waals surface area contributed by atoms with Crippen molar-refractivity contribution < 1.29 is 14.1 Å². The van der Waals surface area contributed by atoms with Gasteiger partial charge in [0.05, 0.1) is 17.7 Å². The highest BCUT2D eigenvalue weighted by atomic mass is 32.2. The maximum Gasteiger partial charge on any atom is 0.256 e. The van der Waals surface area contributed by atoms with Gasteiger partial charge in [0.2, 0.25) is 11.8 Å². The van der Waals surface area contributed by atoms with Crippen molar-refractivity contribution >= 4 is 35.0 Å². The highest BCUT2D eigenvalue weighted by Crippen LogP contribution is 2.26. The average molecular weight is 487 g/mol. The number of anilines is 2. The zero-order chi connectivity index (χ0) is 24.6. The molecule has 2 amide bonds. The number of hydrogen-bond donors (Lipinski definition) is 1. The summed E-state index contributed by atoms with van der Waals surface area (Å²) < 4.78 is 5.16. The van der Waals surface area contributed by atoms with Crippen LogP contribution in [0.2, 0.25) is 0 Å². The second kappa shape index (κ2) is 11.5. The minimum atomic E-state index is -0.208. The largest absolute Gasteiger partial charge is 0.338 e. The summed E-state index contributed by atoms with van der Waals surface area (Å²) in [5.74, 6) is 1.39. The van der Waals surface area contributed by atoms with Crippen LogP contribution in [0.15, 0.2) is 88.3 Å². The molecule has 178 valence electrons. The summed E-state index contributed by atoms with van der Waals surface area (Å²) in [5, 5.41) is 6.74. The number of thioether (sulfide) groups is 1. The quantitative estimate of drug-likeness (QED) is 0.314. The van der Waals surface area contributed by atoms with Crippen molar-refractivity contribution in [3.8, 4) is 0 Å². The van der Waals surface area contributed by atoms with E-state index in [2.05, 4.69) is 15.5 Å². The van der Waals surface area contributed by atoms with Gasteiger partial charge in [0, 0.05) is 22.8 Å². The fraction of sp³-hybridized carbons (Fsp3) is 0.185. The van der Waals surface area contributed by atoms with Crippen LogP contribution in [0.4, 0.5) is 11.4 Å². The lowest BCUT2D eigenvalue weighted by atomic mass is 10.1. The van der Waals surface area contributed by atoms with Crippen LogP contribution in [0.5, 0.6) is 0 Å². The Kier molecular flexibility index (Phi) is 7.95. The molecule has 0 atom stereocenters. The molecule has 0 unspecified atom stereocenters. The molecule has 3 aromatic carbocycles. The second-order valence-corrected chi connectivity index (χ2v) is 8.84. The molecule has 0 radical (unpaired) electrons.